The molecular weight excluding hydrogens is 204 g/mol. The number of ether oxygens (including phenoxy) is 1. The zero-order chi connectivity index (χ0) is 12.8. The van der Waals surface area contributed by atoms with E-state index in [0.717, 1.165) is 0 Å². The molecule has 0 radical (unpaired) electrons. The van der Waals surface area contributed by atoms with Gasteiger partial charge in [0.25, 0.3) is 0 Å². The van der Waals surface area contributed by atoms with E-state index in [9.17, 15) is 4.79 Å². The summed E-state index contributed by atoms with van der Waals surface area (Å²) in [7, 11) is 0. The van der Waals surface area contributed by atoms with Crippen molar-refractivity contribution in [3.63, 3.8) is 0 Å². The highest BCUT2D eigenvalue weighted by Gasteiger charge is 2.30. The lowest BCUT2D eigenvalue weighted by Crippen LogP contribution is -2.51. The Morgan fingerprint density at radius 1 is 1.38 bits per heavy atom. The van der Waals surface area contributed by atoms with Gasteiger partial charge in [-0.05, 0) is 19.3 Å². The van der Waals surface area contributed by atoms with E-state index in [2.05, 4.69) is 0 Å². The Labute approximate surface area is 99.1 Å². The van der Waals surface area contributed by atoms with Crippen LogP contribution in [0.25, 0.3) is 0 Å². The minimum absolute atomic E-state index is 0.00898. The number of rotatable bonds is 6. The Hall–Kier alpha value is -0.610. The summed E-state index contributed by atoms with van der Waals surface area (Å²) < 4.78 is 5.25. The lowest BCUT2D eigenvalue weighted by atomic mass is 9.86. The van der Waals surface area contributed by atoms with Gasteiger partial charge >= 0.3 is 0 Å². The lowest BCUT2D eigenvalue weighted by molar-refractivity contribution is -0.135. The maximum atomic E-state index is 12.1. The van der Waals surface area contributed by atoms with E-state index in [4.69, 9.17) is 10.5 Å². The Morgan fingerprint density at radius 3 is 2.31 bits per heavy atom. The van der Waals surface area contributed by atoms with Crippen molar-refractivity contribution in [2.45, 2.75) is 40.7 Å². The van der Waals surface area contributed by atoms with Gasteiger partial charge in [-0.15, -0.1) is 0 Å². The van der Waals surface area contributed by atoms with Crippen LogP contribution in [0, 0.1) is 5.41 Å². The summed E-state index contributed by atoms with van der Waals surface area (Å²) in [6.07, 6.45) is 0. The molecule has 0 aromatic carbocycles. The zero-order valence-corrected chi connectivity index (χ0v) is 11.2. The second kappa shape index (κ2) is 6.86. The molecule has 1 amide bonds. The molecule has 0 saturated heterocycles. The minimum atomic E-state index is -0.450. The van der Waals surface area contributed by atoms with Crippen LogP contribution in [0.5, 0.6) is 0 Å². The highest BCUT2D eigenvalue weighted by atomic mass is 16.5. The zero-order valence-electron chi connectivity index (χ0n) is 11.2. The van der Waals surface area contributed by atoms with E-state index in [0.29, 0.717) is 26.3 Å². The van der Waals surface area contributed by atoms with Gasteiger partial charge in [0.2, 0.25) is 5.91 Å². The van der Waals surface area contributed by atoms with Gasteiger partial charge in [-0.25, -0.2) is 0 Å². The summed E-state index contributed by atoms with van der Waals surface area (Å²) in [5, 5.41) is 0. The monoisotopic (exact) mass is 230 g/mol. The van der Waals surface area contributed by atoms with Gasteiger partial charge in [-0.2, -0.15) is 0 Å². The van der Waals surface area contributed by atoms with Crippen molar-refractivity contribution in [3.05, 3.63) is 0 Å². The number of carbonyl (C=O) groups excluding carboxylic acids is 1. The van der Waals surface area contributed by atoms with Crippen LogP contribution in [-0.2, 0) is 9.53 Å². The number of hydrogen-bond acceptors (Lipinski definition) is 3. The van der Waals surface area contributed by atoms with Crippen molar-refractivity contribution in [2.24, 2.45) is 11.1 Å². The molecular formula is C12H26N2O2. The molecule has 1 unspecified atom stereocenters. The predicted molar refractivity (Wildman–Crippen MR) is 66.2 cm³/mol. The number of amides is 1. The molecule has 96 valence electrons. The third-order valence-electron chi connectivity index (χ3n) is 2.60. The van der Waals surface area contributed by atoms with Crippen LogP contribution >= 0.6 is 0 Å². The van der Waals surface area contributed by atoms with E-state index >= 15 is 0 Å². The Balaban J connectivity index is 4.30. The highest BCUT2D eigenvalue weighted by molar-refractivity contribution is 5.82. The molecule has 0 aromatic rings. The first-order valence-corrected chi connectivity index (χ1v) is 5.96. The van der Waals surface area contributed by atoms with Crippen molar-refractivity contribution in [1.82, 2.24) is 4.90 Å². The molecule has 0 spiro atoms. The maximum Gasteiger partial charge on any atom is 0.240 e. The molecule has 0 aliphatic rings. The van der Waals surface area contributed by atoms with E-state index in [1.54, 1.807) is 4.90 Å². The lowest BCUT2D eigenvalue weighted by Gasteiger charge is -2.31. The number of nitrogens with two attached hydrogens (primary N) is 1. The summed E-state index contributed by atoms with van der Waals surface area (Å²) in [5.41, 5.74) is 5.74. The fourth-order valence-corrected chi connectivity index (χ4v) is 1.31. The van der Waals surface area contributed by atoms with Gasteiger partial charge in [-0.1, -0.05) is 20.8 Å². The Kier molecular flexibility index (Phi) is 6.60. The average molecular weight is 230 g/mol. The molecule has 4 nitrogen and oxygen atoms in total. The summed E-state index contributed by atoms with van der Waals surface area (Å²) in [4.78, 5) is 13.8. The van der Waals surface area contributed by atoms with Crippen LogP contribution in [0.2, 0.25) is 0 Å². The summed E-state index contributed by atoms with van der Waals surface area (Å²) in [6.45, 7) is 12.4. The van der Waals surface area contributed by atoms with E-state index < -0.39 is 6.04 Å². The number of likely N-dealkylation sites (N-methyl/N-ethyl adjacent to an activating group) is 1. The van der Waals surface area contributed by atoms with Crippen LogP contribution in [0.3, 0.4) is 0 Å². The number of hydrogen-bond donors (Lipinski definition) is 1. The predicted octanol–water partition coefficient (Wildman–Crippen LogP) is 1.24. The number of carbonyl (C=O) groups is 1. The minimum Gasteiger partial charge on any atom is -0.380 e. The first kappa shape index (κ1) is 15.4. The van der Waals surface area contributed by atoms with Crippen molar-refractivity contribution < 1.29 is 9.53 Å². The molecule has 0 fully saturated rings. The molecule has 0 bridgehead atoms. The van der Waals surface area contributed by atoms with Crippen LogP contribution in [0.15, 0.2) is 0 Å². The van der Waals surface area contributed by atoms with E-state index in [1.165, 1.54) is 0 Å². The normalized spacial score (nSPS) is 13.6. The third kappa shape index (κ3) is 4.94. The largest absolute Gasteiger partial charge is 0.380 e. The summed E-state index contributed by atoms with van der Waals surface area (Å²) in [6, 6.07) is -0.450. The summed E-state index contributed by atoms with van der Waals surface area (Å²) >= 11 is 0. The SMILES string of the molecule is CCOCCN(CC)C(=O)C(N)C(C)(C)C. The van der Waals surface area contributed by atoms with Crippen LogP contribution in [-0.4, -0.2) is 43.2 Å². The molecule has 4 heteroatoms. The second-order valence-electron chi connectivity index (χ2n) is 4.96. The van der Waals surface area contributed by atoms with Gasteiger partial charge < -0.3 is 15.4 Å². The van der Waals surface area contributed by atoms with Gasteiger partial charge in [0.1, 0.15) is 0 Å². The highest BCUT2D eigenvalue weighted by Crippen LogP contribution is 2.18. The molecule has 0 rings (SSSR count). The first-order valence-electron chi connectivity index (χ1n) is 5.96. The maximum absolute atomic E-state index is 12.1. The molecule has 0 saturated carbocycles. The van der Waals surface area contributed by atoms with Gasteiger partial charge in [-0.3, -0.25) is 4.79 Å². The molecule has 2 N–H and O–H groups in total. The van der Waals surface area contributed by atoms with Crippen LogP contribution in [0.1, 0.15) is 34.6 Å². The molecule has 0 aliphatic carbocycles. The topological polar surface area (TPSA) is 55.6 Å². The smallest absolute Gasteiger partial charge is 0.240 e. The van der Waals surface area contributed by atoms with Gasteiger partial charge in [0.15, 0.2) is 0 Å². The first-order chi connectivity index (χ1) is 7.34. The molecule has 1 atom stereocenters. The Morgan fingerprint density at radius 2 is 1.94 bits per heavy atom. The standard InChI is InChI=1S/C12H26N2O2/c1-6-14(8-9-16-7-2)11(15)10(13)12(3,4)5/h10H,6-9,13H2,1-5H3. The van der Waals surface area contributed by atoms with Crippen molar-refractivity contribution >= 4 is 5.91 Å². The van der Waals surface area contributed by atoms with Crippen LogP contribution in [0.4, 0.5) is 0 Å². The average Bonchev–Trinajstić information content (AvgIpc) is 2.21. The molecule has 0 aromatic heterocycles. The molecule has 0 aliphatic heterocycles. The molecule has 16 heavy (non-hydrogen) atoms. The summed E-state index contributed by atoms with van der Waals surface area (Å²) in [5.74, 6) is 0.00898. The quantitative estimate of drug-likeness (QED) is 0.699. The molecule has 0 heterocycles. The fourth-order valence-electron chi connectivity index (χ4n) is 1.31. The van der Waals surface area contributed by atoms with Crippen LogP contribution < -0.4 is 5.73 Å². The second-order valence-corrected chi connectivity index (χ2v) is 4.96. The van der Waals surface area contributed by atoms with Crippen molar-refractivity contribution in [1.29, 1.82) is 0 Å². The van der Waals surface area contributed by atoms with Gasteiger partial charge in [0, 0.05) is 19.7 Å². The fraction of sp³-hybridized carbons (Fsp3) is 0.917. The van der Waals surface area contributed by atoms with Crippen molar-refractivity contribution in [3.8, 4) is 0 Å². The van der Waals surface area contributed by atoms with Crippen molar-refractivity contribution in [2.75, 3.05) is 26.3 Å². The van der Waals surface area contributed by atoms with Gasteiger partial charge in [0.05, 0.1) is 12.6 Å². The number of nitrogens with zero attached hydrogens (tertiary/aromatic N) is 1. The third-order valence-corrected chi connectivity index (χ3v) is 2.60. The van der Waals surface area contributed by atoms with E-state index in [1.807, 2.05) is 34.6 Å². The van der Waals surface area contributed by atoms with E-state index in [-0.39, 0.29) is 11.3 Å². The Bertz CT molecular complexity index is 212.